The van der Waals surface area contributed by atoms with E-state index >= 15 is 0 Å². The van der Waals surface area contributed by atoms with Gasteiger partial charge in [-0.1, -0.05) is 17.7 Å². The first-order valence-corrected chi connectivity index (χ1v) is 14.3. The number of hydrogen-bond donors (Lipinski definition) is 2. The minimum atomic E-state index is -4.92. The van der Waals surface area contributed by atoms with Crippen LogP contribution in [0.2, 0.25) is 5.02 Å². The van der Waals surface area contributed by atoms with Crippen molar-refractivity contribution >= 4 is 40.2 Å². The van der Waals surface area contributed by atoms with E-state index in [9.17, 15) is 22.4 Å². The van der Waals surface area contributed by atoms with Crippen LogP contribution in [0, 0.1) is 12.7 Å². The van der Waals surface area contributed by atoms with Gasteiger partial charge in [-0.15, -0.1) is 0 Å². The second-order valence-electron chi connectivity index (χ2n) is 10.8. The van der Waals surface area contributed by atoms with Gasteiger partial charge >= 0.3 is 12.1 Å². The summed E-state index contributed by atoms with van der Waals surface area (Å²) in [6, 6.07) is 10.8. The Morgan fingerprint density at radius 2 is 1.89 bits per heavy atom. The van der Waals surface area contributed by atoms with Gasteiger partial charge in [-0.3, -0.25) is 4.79 Å². The lowest BCUT2D eigenvalue weighted by Gasteiger charge is -2.35. The van der Waals surface area contributed by atoms with Gasteiger partial charge in [0.15, 0.2) is 0 Å². The number of nitrogens with zero attached hydrogens (tertiary/aromatic N) is 4. The van der Waals surface area contributed by atoms with Gasteiger partial charge in [0.05, 0.1) is 40.8 Å². The fourth-order valence-electron chi connectivity index (χ4n) is 5.58. The second kappa shape index (κ2) is 12.4. The van der Waals surface area contributed by atoms with Crippen LogP contribution in [0.15, 0.2) is 59.9 Å². The first kappa shape index (κ1) is 31.1. The maximum absolute atomic E-state index is 14.0. The van der Waals surface area contributed by atoms with E-state index in [1.165, 1.54) is 25.2 Å². The number of rotatable bonds is 7. The van der Waals surface area contributed by atoms with E-state index in [2.05, 4.69) is 15.4 Å². The van der Waals surface area contributed by atoms with E-state index in [1.807, 2.05) is 37.4 Å². The molecule has 0 bridgehead atoms. The Balaban J connectivity index is 1.51. The van der Waals surface area contributed by atoms with Crippen molar-refractivity contribution in [3.63, 3.8) is 0 Å². The van der Waals surface area contributed by atoms with E-state index in [4.69, 9.17) is 22.1 Å². The number of methoxy groups -OCH3 is 1. The highest BCUT2D eigenvalue weighted by Crippen LogP contribution is 2.35. The molecule has 1 aliphatic carbocycles. The van der Waals surface area contributed by atoms with E-state index in [1.54, 1.807) is 17.8 Å². The average Bonchev–Trinajstić information content (AvgIpc) is 3.42. The molecule has 1 amide bonds. The van der Waals surface area contributed by atoms with E-state index in [-0.39, 0.29) is 22.6 Å². The Kier molecular flexibility index (Phi) is 8.73. The molecule has 3 N–H and O–H groups in total. The number of nitrogens with two attached hydrogens (primary N) is 1. The summed E-state index contributed by atoms with van der Waals surface area (Å²) >= 11 is 6.24. The SMILES string of the molecule is COc1ccc(-c2cc3c(NC4CCC(N(C)C(=O)C(F)(F)F)CC4)c(/C(N)=N/c4cc(F)ccc4Cl)cnn3c2)c(C)c1. The minimum absolute atomic E-state index is 0.0440. The van der Waals surface area contributed by atoms with Gasteiger partial charge in [0.25, 0.3) is 0 Å². The summed E-state index contributed by atoms with van der Waals surface area (Å²) in [7, 11) is 2.80. The average molecular weight is 631 g/mol. The summed E-state index contributed by atoms with van der Waals surface area (Å²) in [5.41, 5.74) is 11.2. The molecule has 1 saturated carbocycles. The van der Waals surface area contributed by atoms with Crippen LogP contribution < -0.4 is 15.8 Å². The third kappa shape index (κ3) is 6.45. The van der Waals surface area contributed by atoms with E-state index in [0.717, 1.165) is 27.3 Å². The highest BCUT2D eigenvalue weighted by molar-refractivity contribution is 6.33. The molecule has 2 aromatic heterocycles. The standard InChI is InChI=1S/C31H31ClF4N6O2/c1-17-12-22(44-3)9-10-23(17)18-13-27-28(39-20-5-7-21(8-6-20)41(2)30(43)31(34,35)36)24(15-38-42(27)16-18)29(37)40-26-14-19(33)4-11-25(26)32/h4,9-16,20-21,39H,5-8H2,1-3H3,(H2,37,40). The topological polar surface area (TPSA) is 97.2 Å². The molecule has 5 rings (SSSR count). The number of nitrogens with one attached hydrogen (secondary N) is 1. The normalized spacial score (nSPS) is 17.5. The number of fused-ring (bicyclic) bond motifs is 1. The zero-order chi connectivity index (χ0) is 31.8. The Hall–Kier alpha value is -4.32. The van der Waals surface area contributed by atoms with Crippen LogP contribution in [0.25, 0.3) is 16.6 Å². The smallest absolute Gasteiger partial charge is 0.471 e. The molecule has 13 heteroatoms. The molecule has 1 fully saturated rings. The number of aliphatic imine (C=N–C) groups is 1. The Morgan fingerprint density at radius 3 is 2.55 bits per heavy atom. The van der Waals surface area contributed by atoms with Crippen molar-refractivity contribution in [2.45, 2.75) is 50.9 Å². The van der Waals surface area contributed by atoms with Gasteiger partial charge in [-0.25, -0.2) is 13.9 Å². The number of halogens is 5. The van der Waals surface area contributed by atoms with Crippen LogP contribution in [0.4, 0.5) is 28.9 Å². The van der Waals surface area contributed by atoms with E-state index < -0.39 is 23.9 Å². The molecule has 0 radical (unpaired) electrons. The Bertz CT molecular complexity index is 1730. The minimum Gasteiger partial charge on any atom is -0.497 e. The van der Waals surface area contributed by atoms with Crippen molar-refractivity contribution in [3.8, 4) is 16.9 Å². The van der Waals surface area contributed by atoms with Gasteiger partial charge in [-0.05, 0) is 74.1 Å². The lowest BCUT2D eigenvalue weighted by Crippen LogP contribution is -2.47. The molecular weight excluding hydrogens is 600 g/mol. The summed E-state index contributed by atoms with van der Waals surface area (Å²) < 4.78 is 60.0. The molecule has 2 heterocycles. The van der Waals surface area contributed by atoms with Crippen LogP contribution in [0.5, 0.6) is 5.75 Å². The molecule has 232 valence electrons. The van der Waals surface area contributed by atoms with Gasteiger partial charge in [0.1, 0.15) is 17.4 Å². The zero-order valence-electron chi connectivity index (χ0n) is 24.3. The quantitative estimate of drug-likeness (QED) is 0.132. The number of aryl methyl sites for hydroxylation is 1. The lowest BCUT2D eigenvalue weighted by molar-refractivity contribution is -0.186. The highest BCUT2D eigenvalue weighted by atomic mass is 35.5. The maximum atomic E-state index is 14.0. The fourth-order valence-corrected chi connectivity index (χ4v) is 5.74. The number of amides is 1. The third-order valence-corrected chi connectivity index (χ3v) is 8.28. The second-order valence-corrected chi connectivity index (χ2v) is 11.2. The number of hydrogen-bond acceptors (Lipinski definition) is 5. The van der Waals surface area contributed by atoms with Crippen LogP contribution in [0.3, 0.4) is 0 Å². The number of alkyl halides is 3. The molecule has 44 heavy (non-hydrogen) atoms. The number of aromatic nitrogens is 2. The number of amidine groups is 1. The molecule has 0 aliphatic heterocycles. The summed E-state index contributed by atoms with van der Waals surface area (Å²) in [6.07, 6.45) is 0.284. The van der Waals surface area contributed by atoms with Gasteiger partial charge < -0.3 is 20.7 Å². The lowest BCUT2D eigenvalue weighted by atomic mass is 9.90. The number of carbonyl (C=O) groups excluding carboxylic acids is 1. The number of benzene rings is 2. The molecular formula is C31H31ClF4N6O2. The van der Waals surface area contributed by atoms with Crippen molar-refractivity contribution in [2.24, 2.45) is 10.7 Å². The molecule has 0 saturated heterocycles. The van der Waals surface area contributed by atoms with Crippen molar-refractivity contribution in [1.29, 1.82) is 0 Å². The molecule has 8 nitrogen and oxygen atoms in total. The molecule has 0 unspecified atom stereocenters. The van der Waals surface area contributed by atoms with Crippen molar-refractivity contribution in [1.82, 2.24) is 14.5 Å². The summed E-state index contributed by atoms with van der Waals surface area (Å²) in [5.74, 6) is -1.59. The Morgan fingerprint density at radius 1 is 1.16 bits per heavy atom. The first-order valence-electron chi connectivity index (χ1n) is 13.9. The number of carbonyl (C=O) groups is 1. The van der Waals surface area contributed by atoms with Gasteiger partial charge in [0, 0.05) is 37.0 Å². The van der Waals surface area contributed by atoms with Crippen molar-refractivity contribution in [3.05, 3.63) is 76.8 Å². The largest absolute Gasteiger partial charge is 0.497 e. The van der Waals surface area contributed by atoms with Gasteiger partial charge in [0.2, 0.25) is 0 Å². The predicted molar refractivity (Wildman–Crippen MR) is 162 cm³/mol. The van der Waals surface area contributed by atoms with Crippen molar-refractivity contribution in [2.75, 3.05) is 19.5 Å². The number of ether oxygens (including phenoxy) is 1. The predicted octanol–water partition coefficient (Wildman–Crippen LogP) is 6.89. The third-order valence-electron chi connectivity index (χ3n) is 7.96. The monoisotopic (exact) mass is 630 g/mol. The van der Waals surface area contributed by atoms with Crippen LogP contribution in [-0.4, -0.2) is 58.7 Å². The van der Waals surface area contributed by atoms with Crippen LogP contribution >= 0.6 is 11.6 Å². The van der Waals surface area contributed by atoms with Crippen LogP contribution in [-0.2, 0) is 4.79 Å². The van der Waals surface area contributed by atoms with E-state index in [0.29, 0.717) is 42.5 Å². The fraction of sp³-hybridized carbons (Fsp3) is 0.323. The molecule has 1 aliphatic rings. The summed E-state index contributed by atoms with van der Waals surface area (Å²) in [4.78, 5) is 17.0. The summed E-state index contributed by atoms with van der Waals surface area (Å²) in [6.45, 7) is 1.98. The van der Waals surface area contributed by atoms with Crippen molar-refractivity contribution < 1.29 is 27.1 Å². The highest BCUT2D eigenvalue weighted by Gasteiger charge is 2.43. The summed E-state index contributed by atoms with van der Waals surface area (Å²) in [5, 5.41) is 8.30. The molecule has 4 aromatic rings. The molecule has 2 aromatic carbocycles. The maximum Gasteiger partial charge on any atom is 0.471 e. The Labute approximate surface area is 256 Å². The molecule has 0 spiro atoms. The van der Waals surface area contributed by atoms with Gasteiger partial charge in [-0.2, -0.15) is 18.3 Å². The van der Waals surface area contributed by atoms with Crippen LogP contribution in [0.1, 0.15) is 36.8 Å². The first-order chi connectivity index (χ1) is 20.8. The number of anilines is 1. The zero-order valence-corrected chi connectivity index (χ0v) is 25.0. The molecule has 0 atom stereocenters.